The number of methoxy groups -OCH3 is 1. The summed E-state index contributed by atoms with van der Waals surface area (Å²) in [5.74, 6) is -0.720. The highest BCUT2D eigenvalue weighted by molar-refractivity contribution is 5.97. The van der Waals surface area contributed by atoms with Crippen LogP contribution in [-0.2, 0) is 4.74 Å². The van der Waals surface area contributed by atoms with Gasteiger partial charge in [-0.3, -0.25) is 4.79 Å². The number of hydrogen-bond acceptors (Lipinski definition) is 6. The fourth-order valence-electron chi connectivity index (χ4n) is 4.06. The van der Waals surface area contributed by atoms with Gasteiger partial charge in [-0.2, -0.15) is 5.10 Å². The van der Waals surface area contributed by atoms with E-state index in [2.05, 4.69) is 4.98 Å². The summed E-state index contributed by atoms with van der Waals surface area (Å²) in [7, 11) is 1.61. The van der Waals surface area contributed by atoms with E-state index in [-0.39, 0.29) is 23.2 Å². The van der Waals surface area contributed by atoms with Gasteiger partial charge in [-0.1, -0.05) is 6.07 Å². The Hall–Kier alpha value is -3.72. The lowest BCUT2D eigenvalue weighted by Crippen LogP contribution is -2.43. The molecule has 1 amide bonds. The fraction of sp³-hybridized carbons (Fsp3) is 0.304. The highest BCUT2D eigenvalue weighted by Gasteiger charge is 2.33. The smallest absolute Gasteiger partial charge is 0.354 e. The van der Waals surface area contributed by atoms with E-state index in [1.54, 1.807) is 12.0 Å². The summed E-state index contributed by atoms with van der Waals surface area (Å²) in [6.07, 6.45) is 1.34. The van der Waals surface area contributed by atoms with Crippen LogP contribution in [0.15, 0.2) is 42.6 Å². The van der Waals surface area contributed by atoms with Gasteiger partial charge in [0.2, 0.25) is 0 Å². The molecule has 32 heavy (non-hydrogen) atoms. The maximum absolute atomic E-state index is 13.3. The molecule has 2 aromatic heterocycles. The summed E-state index contributed by atoms with van der Waals surface area (Å²) in [6.45, 7) is 4.99. The highest BCUT2D eigenvalue weighted by Crippen LogP contribution is 2.32. The molecule has 1 fully saturated rings. The average molecular weight is 436 g/mol. The van der Waals surface area contributed by atoms with E-state index in [4.69, 9.17) is 14.6 Å². The molecule has 4 rings (SSSR count). The molecule has 1 unspecified atom stereocenters. The summed E-state index contributed by atoms with van der Waals surface area (Å²) in [5, 5.41) is 13.9. The minimum atomic E-state index is -1.18. The minimum absolute atomic E-state index is 0.168. The Bertz CT molecular complexity index is 1170. The maximum Gasteiger partial charge on any atom is 0.354 e. The van der Waals surface area contributed by atoms with Crippen molar-refractivity contribution in [3.05, 3.63) is 70.8 Å². The molecule has 1 saturated heterocycles. The average Bonchev–Trinajstić information content (AvgIpc) is 3.12. The van der Waals surface area contributed by atoms with Gasteiger partial charge in [0.25, 0.3) is 5.91 Å². The van der Waals surface area contributed by atoms with Crippen molar-refractivity contribution in [1.29, 1.82) is 0 Å². The second-order valence-electron chi connectivity index (χ2n) is 7.52. The monoisotopic (exact) mass is 436 g/mol. The van der Waals surface area contributed by atoms with Gasteiger partial charge < -0.3 is 19.5 Å². The zero-order chi connectivity index (χ0) is 22.8. The predicted molar refractivity (Wildman–Crippen MR) is 115 cm³/mol. The van der Waals surface area contributed by atoms with E-state index in [0.29, 0.717) is 19.8 Å². The van der Waals surface area contributed by atoms with Crippen molar-refractivity contribution in [2.75, 3.05) is 26.9 Å². The number of carboxylic acids is 1. The Balaban J connectivity index is 1.72. The molecule has 166 valence electrons. The lowest BCUT2D eigenvalue weighted by molar-refractivity contribution is -0.00304. The molecular formula is C23H24N4O5. The van der Waals surface area contributed by atoms with Crippen LogP contribution in [-0.4, -0.2) is 63.5 Å². The first kappa shape index (κ1) is 21.5. The van der Waals surface area contributed by atoms with Crippen LogP contribution in [0.2, 0.25) is 0 Å². The van der Waals surface area contributed by atoms with Gasteiger partial charge in [0.15, 0.2) is 0 Å². The first-order valence-electron chi connectivity index (χ1n) is 10.2. The van der Waals surface area contributed by atoms with E-state index < -0.39 is 5.97 Å². The van der Waals surface area contributed by atoms with Crippen molar-refractivity contribution < 1.29 is 24.2 Å². The number of carbonyl (C=O) groups excluding carboxylic acids is 1. The van der Waals surface area contributed by atoms with Gasteiger partial charge in [-0.25, -0.2) is 14.5 Å². The number of benzene rings is 1. The molecule has 0 aliphatic carbocycles. The zero-order valence-electron chi connectivity index (χ0n) is 18.1. The number of carbonyl (C=O) groups is 2. The normalized spacial score (nSPS) is 16.1. The van der Waals surface area contributed by atoms with Crippen LogP contribution < -0.4 is 4.74 Å². The van der Waals surface area contributed by atoms with Crippen molar-refractivity contribution in [3.63, 3.8) is 0 Å². The Labute approximate surface area is 185 Å². The molecule has 1 N–H and O–H groups in total. The lowest BCUT2D eigenvalue weighted by Gasteiger charge is -2.36. The van der Waals surface area contributed by atoms with Crippen LogP contribution in [0.1, 0.15) is 43.8 Å². The third-order valence-electron chi connectivity index (χ3n) is 5.59. The minimum Gasteiger partial charge on any atom is -0.497 e. The van der Waals surface area contributed by atoms with Crippen LogP contribution in [0.3, 0.4) is 0 Å². The van der Waals surface area contributed by atoms with Crippen LogP contribution in [0, 0.1) is 13.8 Å². The summed E-state index contributed by atoms with van der Waals surface area (Å²) in [4.78, 5) is 30.2. The van der Waals surface area contributed by atoms with Crippen LogP contribution >= 0.6 is 0 Å². The Morgan fingerprint density at radius 2 is 2.03 bits per heavy atom. The SMILES string of the molecule is COc1cccc(-n2nc(C)c(C3COCCN3C(=O)c3ccnc(C(=O)O)c3)c2C)c1. The van der Waals surface area contributed by atoms with E-state index in [1.165, 1.54) is 18.3 Å². The molecule has 1 aliphatic heterocycles. The summed E-state index contributed by atoms with van der Waals surface area (Å²) in [5.41, 5.74) is 3.56. The van der Waals surface area contributed by atoms with Crippen LogP contribution in [0.25, 0.3) is 5.69 Å². The first-order chi connectivity index (χ1) is 15.4. The van der Waals surface area contributed by atoms with Gasteiger partial charge >= 0.3 is 5.97 Å². The number of nitrogens with zero attached hydrogens (tertiary/aromatic N) is 4. The number of morpholine rings is 1. The largest absolute Gasteiger partial charge is 0.497 e. The quantitative estimate of drug-likeness (QED) is 0.655. The Morgan fingerprint density at radius 1 is 1.22 bits per heavy atom. The number of aryl methyl sites for hydroxylation is 1. The Kier molecular flexibility index (Phi) is 5.91. The van der Waals surface area contributed by atoms with Crippen molar-refractivity contribution in [2.24, 2.45) is 0 Å². The second-order valence-corrected chi connectivity index (χ2v) is 7.52. The molecule has 0 saturated carbocycles. The fourth-order valence-corrected chi connectivity index (χ4v) is 4.06. The van der Waals surface area contributed by atoms with E-state index >= 15 is 0 Å². The van der Waals surface area contributed by atoms with E-state index in [0.717, 1.165) is 28.4 Å². The Morgan fingerprint density at radius 3 is 2.78 bits per heavy atom. The van der Waals surface area contributed by atoms with Crippen molar-refractivity contribution in [1.82, 2.24) is 19.7 Å². The van der Waals surface area contributed by atoms with E-state index in [9.17, 15) is 14.7 Å². The molecule has 3 heterocycles. The van der Waals surface area contributed by atoms with Crippen molar-refractivity contribution in [2.45, 2.75) is 19.9 Å². The molecule has 9 heteroatoms. The second kappa shape index (κ2) is 8.80. The predicted octanol–water partition coefficient (Wildman–Crippen LogP) is 2.80. The highest BCUT2D eigenvalue weighted by atomic mass is 16.5. The number of ether oxygens (including phenoxy) is 2. The van der Waals surface area contributed by atoms with Crippen LogP contribution in [0.5, 0.6) is 5.75 Å². The van der Waals surface area contributed by atoms with Gasteiger partial charge in [0, 0.05) is 35.6 Å². The van der Waals surface area contributed by atoms with Gasteiger partial charge in [-0.05, 0) is 38.1 Å². The van der Waals surface area contributed by atoms with Gasteiger partial charge in [0.1, 0.15) is 11.4 Å². The topological polar surface area (TPSA) is 107 Å². The molecule has 0 radical (unpaired) electrons. The standard InChI is InChI=1S/C23H24N4O5/c1-14-21(15(2)27(25-14)17-5-4-6-18(12-17)31-3)20-13-32-10-9-26(20)22(28)16-7-8-24-19(11-16)23(29)30/h4-8,11-12,20H,9-10,13H2,1-3H3,(H,29,30). The van der Waals surface area contributed by atoms with E-state index in [1.807, 2.05) is 42.8 Å². The number of aromatic nitrogens is 3. The summed E-state index contributed by atoms with van der Waals surface area (Å²) < 4.78 is 12.9. The molecule has 1 atom stereocenters. The number of pyridine rings is 1. The molecule has 0 spiro atoms. The molecule has 9 nitrogen and oxygen atoms in total. The molecule has 1 aliphatic rings. The van der Waals surface area contributed by atoms with Gasteiger partial charge in [-0.15, -0.1) is 0 Å². The summed E-state index contributed by atoms with van der Waals surface area (Å²) >= 11 is 0. The lowest BCUT2D eigenvalue weighted by atomic mass is 10.0. The molecule has 1 aromatic carbocycles. The molecule has 0 bridgehead atoms. The maximum atomic E-state index is 13.3. The molecule has 3 aromatic rings. The number of aromatic carboxylic acids is 1. The number of amides is 1. The summed E-state index contributed by atoms with van der Waals surface area (Å²) in [6, 6.07) is 10.1. The third kappa shape index (κ3) is 3.94. The van der Waals surface area contributed by atoms with Crippen molar-refractivity contribution in [3.8, 4) is 11.4 Å². The molecular weight excluding hydrogens is 412 g/mol. The first-order valence-corrected chi connectivity index (χ1v) is 10.2. The van der Waals surface area contributed by atoms with Gasteiger partial charge in [0.05, 0.1) is 37.7 Å². The number of carboxylic acid groups (broad SMARTS) is 1. The number of rotatable bonds is 5. The van der Waals surface area contributed by atoms with Crippen molar-refractivity contribution >= 4 is 11.9 Å². The third-order valence-corrected chi connectivity index (χ3v) is 5.59. The number of hydrogen-bond donors (Lipinski definition) is 1. The zero-order valence-corrected chi connectivity index (χ0v) is 18.1. The van der Waals surface area contributed by atoms with Crippen LogP contribution in [0.4, 0.5) is 0 Å².